The summed E-state index contributed by atoms with van der Waals surface area (Å²) in [4.78, 5) is 4.38. The summed E-state index contributed by atoms with van der Waals surface area (Å²) >= 11 is 1.65. The van der Waals surface area contributed by atoms with E-state index in [2.05, 4.69) is 10.4 Å². The molecule has 0 aliphatic rings. The standard InChI is InChI=1S/C8H14N2OS/c1-11-5-8-10-7(6-12-8)3-2-4-9/h6H,2-5,9H2,1H3. The molecule has 0 aliphatic heterocycles. The minimum Gasteiger partial charge on any atom is -0.378 e. The van der Waals surface area contributed by atoms with Crippen LogP contribution in [0, 0.1) is 0 Å². The van der Waals surface area contributed by atoms with E-state index in [1.54, 1.807) is 18.4 Å². The first-order valence-electron chi connectivity index (χ1n) is 3.99. The zero-order chi connectivity index (χ0) is 8.81. The Bertz CT molecular complexity index is 225. The summed E-state index contributed by atoms with van der Waals surface area (Å²) in [6.45, 7) is 1.35. The van der Waals surface area contributed by atoms with Crippen LogP contribution in [0.5, 0.6) is 0 Å². The molecular formula is C8H14N2OS. The molecule has 1 heterocycles. The molecule has 2 N–H and O–H groups in total. The van der Waals surface area contributed by atoms with Gasteiger partial charge in [-0.2, -0.15) is 0 Å². The van der Waals surface area contributed by atoms with Gasteiger partial charge >= 0.3 is 0 Å². The van der Waals surface area contributed by atoms with Crippen LogP contribution in [0.3, 0.4) is 0 Å². The highest BCUT2D eigenvalue weighted by Gasteiger charge is 2.00. The molecule has 0 saturated carbocycles. The van der Waals surface area contributed by atoms with Crippen molar-refractivity contribution in [2.75, 3.05) is 13.7 Å². The molecule has 12 heavy (non-hydrogen) atoms. The van der Waals surface area contributed by atoms with Gasteiger partial charge in [0.25, 0.3) is 0 Å². The van der Waals surface area contributed by atoms with E-state index in [4.69, 9.17) is 10.5 Å². The lowest BCUT2D eigenvalue weighted by atomic mass is 10.2. The van der Waals surface area contributed by atoms with Crippen molar-refractivity contribution >= 4 is 11.3 Å². The Morgan fingerprint density at radius 3 is 3.17 bits per heavy atom. The molecule has 0 unspecified atom stereocenters. The highest BCUT2D eigenvalue weighted by molar-refractivity contribution is 7.09. The molecule has 0 saturated heterocycles. The minimum atomic E-state index is 0.618. The largest absolute Gasteiger partial charge is 0.378 e. The number of thiazole rings is 1. The van der Waals surface area contributed by atoms with E-state index in [-0.39, 0.29) is 0 Å². The van der Waals surface area contributed by atoms with E-state index in [1.165, 1.54) is 0 Å². The van der Waals surface area contributed by atoms with E-state index in [9.17, 15) is 0 Å². The van der Waals surface area contributed by atoms with E-state index in [0.29, 0.717) is 6.61 Å². The topological polar surface area (TPSA) is 48.1 Å². The number of methoxy groups -OCH3 is 1. The number of nitrogens with two attached hydrogens (primary N) is 1. The van der Waals surface area contributed by atoms with Crippen molar-refractivity contribution in [3.8, 4) is 0 Å². The first kappa shape index (κ1) is 9.64. The number of aryl methyl sites for hydroxylation is 1. The maximum Gasteiger partial charge on any atom is 0.119 e. The van der Waals surface area contributed by atoms with Crippen LogP contribution in [-0.2, 0) is 17.8 Å². The molecule has 3 nitrogen and oxygen atoms in total. The van der Waals surface area contributed by atoms with Crippen molar-refractivity contribution in [3.63, 3.8) is 0 Å². The maximum atomic E-state index is 5.39. The Kier molecular flexibility index (Phi) is 4.21. The van der Waals surface area contributed by atoms with Crippen LogP contribution in [0.1, 0.15) is 17.1 Å². The van der Waals surface area contributed by atoms with Crippen LogP contribution in [-0.4, -0.2) is 18.6 Å². The third-order valence-electron chi connectivity index (χ3n) is 1.50. The van der Waals surface area contributed by atoms with Crippen molar-refractivity contribution in [2.45, 2.75) is 19.4 Å². The van der Waals surface area contributed by atoms with Crippen LogP contribution < -0.4 is 5.73 Å². The van der Waals surface area contributed by atoms with Gasteiger partial charge in [0.15, 0.2) is 0 Å². The number of hydrogen-bond donors (Lipinski definition) is 1. The van der Waals surface area contributed by atoms with Crippen LogP contribution in [0.25, 0.3) is 0 Å². The highest BCUT2D eigenvalue weighted by atomic mass is 32.1. The van der Waals surface area contributed by atoms with Gasteiger partial charge in [-0.05, 0) is 19.4 Å². The second-order valence-corrected chi connectivity index (χ2v) is 3.50. The van der Waals surface area contributed by atoms with E-state index >= 15 is 0 Å². The molecule has 0 bridgehead atoms. The molecule has 68 valence electrons. The van der Waals surface area contributed by atoms with Gasteiger partial charge in [0, 0.05) is 12.5 Å². The molecule has 1 aromatic heterocycles. The maximum absolute atomic E-state index is 5.39. The monoisotopic (exact) mass is 186 g/mol. The zero-order valence-electron chi connectivity index (χ0n) is 7.25. The van der Waals surface area contributed by atoms with Gasteiger partial charge in [0.1, 0.15) is 5.01 Å². The number of hydrogen-bond acceptors (Lipinski definition) is 4. The molecular weight excluding hydrogens is 172 g/mol. The Morgan fingerprint density at radius 1 is 1.67 bits per heavy atom. The fraction of sp³-hybridized carbons (Fsp3) is 0.625. The average Bonchev–Trinajstić information content (AvgIpc) is 2.50. The second kappa shape index (κ2) is 5.24. The third kappa shape index (κ3) is 2.89. The van der Waals surface area contributed by atoms with Crippen LogP contribution in [0.2, 0.25) is 0 Å². The van der Waals surface area contributed by atoms with Crippen molar-refractivity contribution < 1.29 is 4.74 Å². The Hall–Kier alpha value is -0.450. The lowest BCUT2D eigenvalue weighted by Gasteiger charge is -1.92. The molecule has 1 aromatic rings. The Balaban J connectivity index is 2.41. The normalized spacial score (nSPS) is 10.5. The fourth-order valence-corrected chi connectivity index (χ4v) is 1.74. The van der Waals surface area contributed by atoms with Crippen LogP contribution >= 0.6 is 11.3 Å². The molecule has 0 aromatic carbocycles. The summed E-state index contributed by atoms with van der Waals surface area (Å²) in [5, 5.41) is 3.12. The lowest BCUT2D eigenvalue weighted by molar-refractivity contribution is 0.184. The molecule has 0 fully saturated rings. The van der Waals surface area contributed by atoms with Gasteiger partial charge < -0.3 is 10.5 Å². The zero-order valence-corrected chi connectivity index (χ0v) is 8.06. The van der Waals surface area contributed by atoms with Crippen molar-refractivity contribution in [3.05, 3.63) is 16.1 Å². The smallest absolute Gasteiger partial charge is 0.119 e. The van der Waals surface area contributed by atoms with E-state index in [1.807, 2.05) is 0 Å². The molecule has 0 spiro atoms. The lowest BCUT2D eigenvalue weighted by Crippen LogP contribution is -2.00. The van der Waals surface area contributed by atoms with Gasteiger partial charge in [0.05, 0.1) is 12.3 Å². The molecule has 0 atom stereocenters. The average molecular weight is 186 g/mol. The Labute approximate surface area is 76.6 Å². The fourth-order valence-electron chi connectivity index (χ4n) is 0.937. The van der Waals surface area contributed by atoms with E-state index < -0.39 is 0 Å². The quantitative estimate of drug-likeness (QED) is 0.751. The summed E-state index contributed by atoms with van der Waals surface area (Å²) in [6.07, 6.45) is 1.99. The highest BCUT2D eigenvalue weighted by Crippen LogP contribution is 2.11. The predicted octanol–water partition coefficient (Wildman–Crippen LogP) is 1.18. The van der Waals surface area contributed by atoms with Gasteiger partial charge in [-0.1, -0.05) is 0 Å². The first-order chi connectivity index (χ1) is 5.86. The summed E-state index contributed by atoms with van der Waals surface area (Å²) < 4.78 is 4.97. The summed E-state index contributed by atoms with van der Waals surface area (Å²) in [5.74, 6) is 0. The van der Waals surface area contributed by atoms with Gasteiger partial charge in [-0.15, -0.1) is 11.3 Å². The summed E-state index contributed by atoms with van der Waals surface area (Å²) in [7, 11) is 1.68. The van der Waals surface area contributed by atoms with E-state index in [0.717, 1.165) is 30.1 Å². The number of aromatic nitrogens is 1. The SMILES string of the molecule is COCc1nc(CCCN)cs1. The number of nitrogens with zero attached hydrogens (tertiary/aromatic N) is 1. The number of rotatable bonds is 5. The van der Waals surface area contributed by atoms with Gasteiger partial charge in [-0.3, -0.25) is 0 Å². The van der Waals surface area contributed by atoms with Crippen LogP contribution in [0.15, 0.2) is 5.38 Å². The van der Waals surface area contributed by atoms with Crippen LogP contribution in [0.4, 0.5) is 0 Å². The molecule has 0 aliphatic carbocycles. The van der Waals surface area contributed by atoms with Crippen molar-refractivity contribution in [1.29, 1.82) is 0 Å². The third-order valence-corrected chi connectivity index (χ3v) is 2.38. The van der Waals surface area contributed by atoms with Crippen molar-refractivity contribution in [2.24, 2.45) is 5.73 Å². The summed E-state index contributed by atoms with van der Waals surface area (Å²) in [6, 6.07) is 0. The second-order valence-electron chi connectivity index (χ2n) is 2.56. The van der Waals surface area contributed by atoms with Crippen molar-refractivity contribution in [1.82, 2.24) is 4.98 Å². The van der Waals surface area contributed by atoms with Gasteiger partial charge in [0.2, 0.25) is 0 Å². The molecule has 1 rings (SSSR count). The van der Waals surface area contributed by atoms with Gasteiger partial charge in [-0.25, -0.2) is 4.98 Å². The number of ether oxygens (including phenoxy) is 1. The molecule has 0 radical (unpaired) electrons. The minimum absolute atomic E-state index is 0.618. The first-order valence-corrected chi connectivity index (χ1v) is 4.87. The predicted molar refractivity (Wildman–Crippen MR) is 50.2 cm³/mol. The molecule has 0 amide bonds. The Morgan fingerprint density at radius 2 is 2.50 bits per heavy atom. The summed E-state index contributed by atoms with van der Waals surface area (Å²) in [5.41, 5.74) is 6.53. The molecule has 4 heteroatoms.